The predicted octanol–water partition coefficient (Wildman–Crippen LogP) is 2.75. The number of furan rings is 1. The van der Waals surface area contributed by atoms with Gasteiger partial charge in [-0.05, 0) is 56.7 Å². The second-order valence-electron chi connectivity index (χ2n) is 5.84. The second kappa shape index (κ2) is 6.16. The molecule has 114 valence electrons. The number of nitrogens with one attached hydrogen (secondary N) is 1. The number of carboxylic acids is 1. The zero-order valence-electron chi connectivity index (χ0n) is 12.4. The van der Waals surface area contributed by atoms with Gasteiger partial charge in [0, 0.05) is 6.08 Å². The van der Waals surface area contributed by atoms with Gasteiger partial charge in [0.25, 0.3) is 0 Å². The number of hydrogen-bond acceptors (Lipinski definition) is 3. The quantitative estimate of drug-likeness (QED) is 0.836. The number of amides is 1. The number of carbonyl (C=O) groups is 2. The molecule has 1 amide bonds. The van der Waals surface area contributed by atoms with Crippen molar-refractivity contribution in [2.45, 2.75) is 45.1 Å². The van der Waals surface area contributed by atoms with E-state index in [0.29, 0.717) is 24.5 Å². The van der Waals surface area contributed by atoms with Gasteiger partial charge < -0.3 is 14.8 Å². The molecule has 0 unspecified atom stereocenters. The van der Waals surface area contributed by atoms with E-state index in [1.807, 2.05) is 6.92 Å². The topological polar surface area (TPSA) is 79.5 Å². The van der Waals surface area contributed by atoms with E-state index >= 15 is 0 Å². The summed E-state index contributed by atoms with van der Waals surface area (Å²) in [6.45, 7) is 3.92. The van der Waals surface area contributed by atoms with Crippen LogP contribution in [0, 0.1) is 12.8 Å². The van der Waals surface area contributed by atoms with Gasteiger partial charge in [-0.25, -0.2) is 4.79 Å². The average molecular weight is 291 g/mol. The molecule has 1 aromatic rings. The van der Waals surface area contributed by atoms with Crippen LogP contribution in [0.5, 0.6) is 0 Å². The SMILES string of the molecule is Cc1ccc(/C=C/C(=O)NC2(C(=O)O)CCC(C)CC2)o1. The molecule has 0 saturated heterocycles. The molecule has 0 aromatic carbocycles. The fourth-order valence-corrected chi connectivity index (χ4v) is 2.63. The summed E-state index contributed by atoms with van der Waals surface area (Å²) in [6.07, 6.45) is 5.44. The van der Waals surface area contributed by atoms with Crippen LogP contribution in [0.3, 0.4) is 0 Å². The Labute approximate surface area is 124 Å². The van der Waals surface area contributed by atoms with Gasteiger partial charge in [-0.1, -0.05) is 6.92 Å². The van der Waals surface area contributed by atoms with Gasteiger partial charge in [0.05, 0.1) is 0 Å². The van der Waals surface area contributed by atoms with Crippen LogP contribution in [0.25, 0.3) is 6.08 Å². The monoisotopic (exact) mass is 291 g/mol. The molecular weight excluding hydrogens is 270 g/mol. The third-order valence-corrected chi connectivity index (χ3v) is 4.06. The maximum Gasteiger partial charge on any atom is 0.329 e. The lowest BCUT2D eigenvalue weighted by atomic mass is 9.77. The van der Waals surface area contributed by atoms with Crippen molar-refractivity contribution in [3.8, 4) is 0 Å². The van der Waals surface area contributed by atoms with E-state index in [-0.39, 0.29) is 0 Å². The lowest BCUT2D eigenvalue weighted by Crippen LogP contribution is -2.55. The first kappa shape index (κ1) is 15.4. The maximum absolute atomic E-state index is 12.0. The zero-order valence-corrected chi connectivity index (χ0v) is 12.4. The van der Waals surface area contributed by atoms with E-state index in [0.717, 1.165) is 18.6 Å². The Morgan fingerprint density at radius 3 is 2.57 bits per heavy atom. The predicted molar refractivity (Wildman–Crippen MR) is 78.6 cm³/mol. The Balaban J connectivity index is 2.02. The van der Waals surface area contributed by atoms with Crippen molar-refractivity contribution in [3.63, 3.8) is 0 Å². The summed E-state index contributed by atoms with van der Waals surface area (Å²) >= 11 is 0. The fourth-order valence-electron chi connectivity index (χ4n) is 2.63. The van der Waals surface area contributed by atoms with Crippen LogP contribution in [0.15, 0.2) is 22.6 Å². The van der Waals surface area contributed by atoms with Gasteiger partial charge in [0.1, 0.15) is 17.1 Å². The fraction of sp³-hybridized carbons (Fsp3) is 0.500. The van der Waals surface area contributed by atoms with E-state index in [4.69, 9.17) is 4.42 Å². The van der Waals surface area contributed by atoms with Crippen molar-refractivity contribution in [2.75, 3.05) is 0 Å². The van der Waals surface area contributed by atoms with E-state index in [9.17, 15) is 14.7 Å². The minimum absolute atomic E-state index is 0.402. The van der Waals surface area contributed by atoms with Gasteiger partial charge in [-0.2, -0.15) is 0 Å². The van der Waals surface area contributed by atoms with Crippen molar-refractivity contribution in [3.05, 3.63) is 29.7 Å². The van der Waals surface area contributed by atoms with Crippen LogP contribution in [0.1, 0.15) is 44.1 Å². The smallest absolute Gasteiger partial charge is 0.329 e. The molecule has 1 aliphatic carbocycles. The van der Waals surface area contributed by atoms with Gasteiger partial charge in [0.2, 0.25) is 5.91 Å². The normalized spacial score (nSPS) is 25.9. The molecule has 0 spiro atoms. The first-order valence-electron chi connectivity index (χ1n) is 7.21. The van der Waals surface area contributed by atoms with Crippen molar-refractivity contribution >= 4 is 18.0 Å². The molecule has 5 nitrogen and oxygen atoms in total. The summed E-state index contributed by atoms with van der Waals surface area (Å²) in [5.41, 5.74) is -1.13. The molecule has 2 N–H and O–H groups in total. The largest absolute Gasteiger partial charge is 0.480 e. The summed E-state index contributed by atoms with van der Waals surface area (Å²) in [4.78, 5) is 23.5. The molecule has 0 radical (unpaired) electrons. The molecule has 1 saturated carbocycles. The number of rotatable bonds is 4. The summed E-state index contributed by atoms with van der Waals surface area (Å²) in [6, 6.07) is 3.56. The van der Waals surface area contributed by atoms with E-state index in [1.54, 1.807) is 18.2 Å². The van der Waals surface area contributed by atoms with E-state index < -0.39 is 17.4 Å². The number of carbonyl (C=O) groups excluding carboxylic acids is 1. The number of hydrogen-bond donors (Lipinski definition) is 2. The first-order chi connectivity index (χ1) is 9.91. The van der Waals surface area contributed by atoms with Crippen molar-refractivity contribution < 1.29 is 19.1 Å². The highest BCUT2D eigenvalue weighted by molar-refractivity contribution is 5.95. The van der Waals surface area contributed by atoms with Crippen LogP contribution in [-0.2, 0) is 9.59 Å². The Hall–Kier alpha value is -2.04. The Bertz CT molecular complexity index is 550. The Morgan fingerprint density at radius 1 is 1.38 bits per heavy atom. The van der Waals surface area contributed by atoms with E-state index in [1.165, 1.54) is 6.08 Å². The summed E-state index contributed by atoms with van der Waals surface area (Å²) in [5, 5.41) is 12.1. The first-order valence-corrected chi connectivity index (χ1v) is 7.21. The molecule has 5 heteroatoms. The molecule has 1 heterocycles. The maximum atomic E-state index is 12.0. The molecule has 0 bridgehead atoms. The minimum atomic E-state index is -1.13. The number of carboxylic acid groups (broad SMARTS) is 1. The number of aliphatic carboxylic acids is 1. The van der Waals surface area contributed by atoms with Gasteiger partial charge in [0.15, 0.2) is 0 Å². The van der Waals surface area contributed by atoms with Gasteiger partial charge in [-0.3, -0.25) is 4.79 Å². The number of aryl methyl sites for hydroxylation is 1. The van der Waals surface area contributed by atoms with Crippen LogP contribution in [0.4, 0.5) is 0 Å². The van der Waals surface area contributed by atoms with E-state index in [2.05, 4.69) is 12.2 Å². The van der Waals surface area contributed by atoms with Gasteiger partial charge in [-0.15, -0.1) is 0 Å². The molecule has 0 aliphatic heterocycles. The molecule has 21 heavy (non-hydrogen) atoms. The highest BCUT2D eigenvalue weighted by atomic mass is 16.4. The lowest BCUT2D eigenvalue weighted by Gasteiger charge is -2.36. The van der Waals surface area contributed by atoms with Crippen LogP contribution >= 0.6 is 0 Å². The third kappa shape index (κ3) is 3.74. The minimum Gasteiger partial charge on any atom is -0.480 e. The summed E-state index contributed by atoms with van der Waals surface area (Å²) < 4.78 is 5.33. The Morgan fingerprint density at radius 2 is 2.05 bits per heavy atom. The van der Waals surface area contributed by atoms with Crippen LogP contribution in [-0.4, -0.2) is 22.5 Å². The Kier molecular flexibility index (Phi) is 4.50. The molecule has 0 atom stereocenters. The zero-order chi connectivity index (χ0) is 15.5. The second-order valence-corrected chi connectivity index (χ2v) is 5.84. The summed E-state index contributed by atoms with van der Waals surface area (Å²) in [7, 11) is 0. The highest BCUT2D eigenvalue weighted by Crippen LogP contribution is 2.32. The lowest BCUT2D eigenvalue weighted by molar-refractivity contribution is -0.149. The van der Waals surface area contributed by atoms with Crippen LogP contribution < -0.4 is 5.32 Å². The highest BCUT2D eigenvalue weighted by Gasteiger charge is 2.42. The van der Waals surface area contributed by atoms with Crippen molar-refractivity contribution in [1.82, 2.24) is 5.32 Å². The molecule has 2 rings (SSSR count). The molecule has 1 aliphatic rings. The van der Waals surface area contributed by atoms with Crippen LogP contribution in [0.2, 0.25) is 0 Å². The van der Waals surface area contributed by atoms with Gasteiger partial charge >= 0.3 is 5.97 Å². The summed E-state index contributed by atoms with van der Waals surface area (Å²) in [5.74, 6) is 0.490. The molecule has 1 fully saturated rings. The van der Waals surface area contributed by atoms with Crippen molar-refractivity contribution in [1.29, 1.82) is 0 Å². The standard InChI is InChI=1S/C16H21NO4/c1-11-7-9-16(10-8-11,15(19)20)17-14(18)6-5-13-4-3-12(2)21-13/h3-6,11H,7-10H2,1-2H3,(H,17,18)(H,19,20)/b6-5+. The third-order valence-electron chi connectivity index (χ3n) is 4.06. The average Bonchev–Trinajstić information content (AvgIpc) is 2.85. The van der Waals surface area contributed by atoms with Crippen molar-refractivity contribution in [2.24, 2.45) is 5.92 Å². The molecular formula is C16H21NO4. The molecule has 1 aromatic heterocycles.